The Morgan fingerprint density at radius 1 is 1.09 bits per heavy atom. The molecule has 0 radical (unpaired) electrons. The van der Waals surface area contributed by atoms with Crippen molar-refractivity contribution in [3.8, 4) is 0 Å². The van der Waals surface area contributed by atoms with E-state index < -0.39 is 0 Å². The summed E-state index contributed by atoms with van der Waals surface area (Å²) in [5, 5.41) is 0. The number of rotatable bonds is 4. The Morgan fingerprint density at radius 2 is 1.64 bits per heavy atom. The van der Waals surface area contributed by atoms with Gasteiger partial charge in [-0.1, -0.05) is 34.1 Å². The van der Waals surface area contributed by atoms with Gasteiger partial charge in [0.05, 0.1) is 0 Å². The normalized spacial score (nSPS) is 10.5. The number of nitrogens with zero attached hydrogens (tertiary/aromatic N) is 1. The Labute approximate surface area is 71.9 Å². The Hall–Kier alpha value is -0.330. The van der Waals surface area contributed by atoms with E-state index in [4.69, 9.17) is 0 Å². The summed E-state index contributed by atoms with van der Waals surface area (Å²) in [7, 11) is 0. The quantitative estimate of drug-likeness (QED) is 0.552. The summed E-state index contributed by atoms with van der Waals surface area (Å²) in [6.45, 7) is 11.4. The van der Waals surface area contributed by atoms with Crippen molar-refractivity contribution in [1.82, 2.24) is 0 Å². The summed E-state index contributed by atoms with van der Waals surface area (Å²) >= 11 is 0. The fourth-order valence-corrected chi connectivity index (χ4v) is 0.880. The molecule has 0 aliphatic heterocycles. The zero-order valence-electron chi connectivity index (χ0n) is 8.78. The summed E-state index contributed by atoms with van der Waals surface area (Å²) in [6.07, 6.45) is 3.54. The van der Waals surface area contributed by atoms with Crippen LogP contribution >= 0.6 is 0 Å². The third-order valence-corrected chi connectivity index (χ3v) is 1.33. The lowest BCUT2D eigenvalue weighted by Gasteiger charge is -1.98. The molecule has 1 nitrogen and oxygen atoms in total. The molecule has 0 rings (SSSR count). The first-order valence-corrected chi connectivity index (χ1v) is 4.87. The van der Waals surface area contributed by atoms with Gasteiger partial charge in [0.2, 0.25) is 0 Å². The molecule has 0 spiro atoms. The zero-order valence-corrected chi connectivity index (χ0v) is 8.78. The van der Waals surface area contributed by atoms with Crippen LogP contribution in [0.2, 0.25) is 0 Å². The fraction of sp³-hybridized carbons (Fsp3) is 0.900. The second-order valence-corrected chi connectivity index (χ2v) is 2.14. The van der Waals surface area contributed by atoms with Gasteiger partial charge in [0.1, 0.15) is 0 Å². The summed E-state index contributed by atoms with van der Waals surface area (Å²) < 4.78 is 0. The van der Waals surface area contributed by atoms with Crippen LogP contribution in [-0.4, -0.2) is 12.3 Å². The van der Waals surface area contributed by atoms with E-state index in [2.05, 4.69) is 25.8 Å². The van der Waals surface area contributed by atoms with Gasteiger partial charge in [0.15, 0.2) is 0 Å². The van der Waals surface area contributed by atoms with Crippen molar-refractivity contribution in [2.75, 3.05) is 6.54 Å². The third-order valence-electron chi connectivity index (χ3n) is 1.33. The van der Waals surface area contributed by atoms with Gasteiger partial charge in [0.25, 0.3) is 0 Å². The first-order valence-electron chi connectivity index (χ1n) is 4.87. The van der Waals surface area contributed by atoms with Gasteiger partial charge in [-0.15, -0.1) is 0 Å². The van der Waals surface area contributed by atoms with Crippen molar-refractivity contribution in [3.63, 3.8) is 0 Å². The maximum atomic E-state index is 4.35. The average Bonchev–Trinajstić information content (AvgIpc) is 2.08. The molecule has 0 saturated carbocycles. The molecular formula is C10H23N. The molecule has 0 aromatic carbocycles. The van der Waals surface area contributed by atoms with Crippen LogP contribution < -0.4 is 0 Å². The zero-order chi connectivity index (χ0) is 9.11. The van der Waals surface area contributed by atoms with Crippen LogP contribution in [0.15, 0.2) is 4.99 Å². The van der Waals surface area contributed by atoms with Crippen molar-refractivity contribution in [2.24, 2.45) is 4.99 Å². The van der Waals surface area contributed by atoms with E-state index in [1.165, 1.54) is 18.6 Å². The molecule has 0 heterocycles. The standard InChI is InChI=1S/C8H17N.C2H6/c1-4-7-8(5-2)9-6-3;1-2/h4-7H2,1-3H3;1-2H3. The van der Waals surface area contributed by atoms with Crippen molar-refractivity contribution in [1.29, 1.82) is 0 Å². The minimum Gasteiger partial charge on any atom is -0.294 e. The van der Waals surface area contributed by atoms with Gasteiger partial charge < -0.3 is 0 Å². The number of aliphatic imine (C=N–C) groups is 1. The van der Waals surface area contributed by atoms with E-state index in [1.54, 1.807) is 0 Å². The minimum absolute atomic E-state index is 0.948. The second kappa shape index (κ2) is 12.4. The molecule has 0 bridgehead atoms. The van der Waals surface area contributed by atoms with Crippen LogP contribution in [0, 0.1) is 0 Å². The molecule has 0 aromatic rings. The monoisotopic (exact) mass is 157 g/mol. The van der Waals surface area contributed by atoms with Crippen molar-refractivity contribution >= 4 is 5.71 Å². The van der Waals surface area contributed by atoms with Gasteiger partial charge >= 0.3 is 0 Å². The van der Waals surface area contributed by atoms with Gasteiger partial charge in [-0.3, -0.25) is 4.99 Å². The van der Waals surface area contributed by atoms with Gasteiger partial charge in [-0.05, 0) is 19.8 Å². The fourth-order valence-electron chi connectivity index (χ4n) is 0.880. The summed E-state index contributed by atoms with van der Waals surface area (Å²) in [4.78, 5) is 4.35. The molecule has 11 heavy (non-hydrogen) atoms. The maximum Gasteiger partial charge on any atom is 0.0360 e. The molecular weight excluding hydrogens is 134 g/mol. The maximum absolute atomic E-state index is 4.35. The molecule has 1 heteroatoms. The first-order chi connectivity index (χ1) is 5.35. The van der Waals surface area contributed by atoms with E-state index in [0.29, 0.717) is 0 Å². The Balaban J connectivity index is 0. The highest BCUT2D eigenvalue weighted by atomic mass is 14.7. The lowest BCUT2D eigenvalue weighted by molar-refractivity contribution is 0.947. The largest absolute Gasteiger partial charge is 0.294 e. The topological polar surface area (TPSA) is 12.4 Å². The smallest absolute Gasteiger partial charge is 0.0360 e. The predicted molar refractivity (Wildman–Crippen MR) is 54.5 cm³/mol. The van der Waals surface area contributed by atoms with E-state index in [0.717, 1.165) is 13.0 Å². The predicted octanol–water partition coefficient (Wildman–Crippen LogP) is 3.68. The van der Waals surface area contributed by atoms with E-state index >= 15 is 0 Å². The third kappa shape index (κ3) is 9.67. The second-order valence-electron chi connectivity index (χ2n) is 2.14. The summed E-state index contributed by atoms with van der Waals surface area (Å²) in [5.41, 5.74) is 1.38. The Bertz CT molecular complexity index is 84.9. The van der Waals surface area contributed by atoms with Crippen LogP contribution in [0.25, 0.3) is 0 Å². The average molecular weight is 157 g/mol. The molecule has 0 saturated heterocycles. The molecule has 0 aliphatic rings. The van der Waals surface area contributed by atoms with Crippen molar-refractivity contribution < 1.29 is 0 Å². The summed E-state index contributed by atoms with van der Waals surface area (Å²) in [5.74, 6) is 0. The van der Waals surface area contributed by atoms with E-state index in [-0.39, 0.29) is 0 Å². The van der Waals surface area contributed by atoms with Gasteiger partial charge in [-0.2, -0.15) is 0 Å². The van der Waals surface area contributed by atoms with Crippen LogP contribution in [0.1, 0.15) is 53.9 Å². The van der Waals surface area contributed by atoms with E-state index in [9.17, 15) is 0 Å². The summed E-state index contributed by atoms with van der Waals surface area (Å²) in [6, 6.07) is 0. The highest BCUT2D eigenvalue weighted by Gasteiger charge is 1.90. The van der Waals surface area contributed by atoms with Crippen molar-refractivity contribution in [2.45, 2.75) is 53.9 Å². The highest BCUT2D eigenvalue weighted by molar-refractivity contribution is 5.84. The SMILES string of the molecule is CC.CCCC(CC)=NCC. The van der Waals surface area contributed by atoms with Crippen LogP contribution in [-0.2, 0) is 0 Å². The molecule has 0 atom stereocenters. The minimum atomic E-state index is 0.948. The van der Waals surface area contributed by atoms with Gasteiger partial charge in [-0.25, -0.2) is 0 Å². The molecule has 0 amide bonds. The van der Waals surface area contributed by atoms with E-state index in [1.807, 2.05) is 13.8 Å². The number of hydrogen-bond donors (Lipinski definition) is 0. The lowest BCUT2D eigenvalue weighted by Crippen LogP contribution is -1.95. The van der Waals surface area contributed by atoms with Crippen LogP contribution in [0.3, 0.4) is 0 Å². The molecule has 0 unspecified atom stereocenters. The molecule has 68 valence electrons. The number of hydrogen-bond acceptors (Lipinski definition) is 1. The Morgan fingerprint density at radius 3 is 1.91 bits per heavy atom. The Kier molecular flexibility index (Phi) is 14.9. The first kappa shape index (κ1) is 13.3. The van der Waals surface area contributed by atoms with Crippen LogP contribution in [0.5, 0.6) is 0 Å². The molecule has 0 fully saturated rings. The molecule has 0 aromatic heterocycles. The molecule has 0 N–H and O–H groups in total. The van der Waals surface area contributed by atoms with Gasteiger partial charge in [0, 0.05) is 12.3 Å². The lowest BCUT2D eigenvalue weighted by atomic mass is 10.2. The van der Waals surface area contributed by atoms with Crippen molar-refractivity contribution in [3.05, 3.63) is 0 Å². The van der Waals surface area contributed by atoms with Crippen LogP contribution in [0.4, 0.5) is 0 Å². The molecule has 0 aliphatic carbocycles. The highest BCUT2D eigenvalue weighted by Crippen LogP contribution is 1.95.